The number of benzene rings is 3. The molecule has 0 radical (unpaired) electrons. The second-order valence-electron chi connectivity index (χ2n) is 7.59. The molecular weight excluding hydrogens is 554 g/mol. The molecule has 3 aromatic carbocycles. The zero-order valence-corrected chi connectivity index (χ0v) is 20.7. The fourth-order valence-corrected chi connectivity index (χ4v) is 4.53. The Morgan fingerprint density at radius 3 is 2.06 bits per heavy atom. The molecule has 10 nitrogen and oxygen atoms in total. The summed E-state index contributed by atoms with van der Waals surface area (Å²) >= 11 is 4.19. The standard InChI is InChI=1S/C24H16BrN3O7S/c25-18-5-10-21(35-14-16-3-8-20(9-4-16)28(33)34)17(11-18)12-22-23(29)26(24(30)36-22)13-15-1-6-19(7-2-15)27(31)32/h1-12H,13-14H2/b22-12-. The molecular formula is C24H16BrN3O7S. The molecule has 0 atom stereocenters. The number of ether oxygens (including phenoxy) is 1. The molecule has 1 saturated heterocycles. The van der Waals surface area contributed by atoms with E-state index in [2.05, 4.69) is 15.9 Å². The van der Waals surface area contributed by atoms with Crippen LogP contribution < -0.4 is 4.74 Å². The molecule has 0 aromatic heterocycles. The topological polar surface area (TPSA) is 133 Å². The van der Waals surface area contributed by atoms with Crippen molar-refractivity contribution in [2.24, 2.45) is 0 Å². The van der Waals surface area contributed by atoms with Gasteiger partial charge in [-0.15, -0.1) is 0 Å². The SMILES string of the molecule is O=C1S/C(=C\c2cc(Br)ccc2OCc2ccc([N+](=O)[O-])cc2)C(=O)N1Cc1ccc([N+](=O)[O-])cc1. The molecule has 0 saturated carbocycles. The number of hydrogen-bond acceptors (Lipinski definition) is 8. The Morgan fingerprint density at radius 2 is 1.47 bits per heavy atom. The van der Waals surface area contributed by atoms with E-state index < -0.39 is 21.0 Å². The summed E-state index contributed by atoms with van der Waals surface area (Å²) in [5.74, 6) is -0.0247. The molecule has 1 fully saturated rings. The van der Waals surface area contributed by atoms with Crippen LogP contribution in [0.15, 0.2) is 76.1 Å². The molecule has 4 rings (SSSR count). The van der Waals surface area contributed by atoms with Crippen molar-refractivity contribution in [2.45, 2.75) is 13.2 Å². The first-order valence-corrected chi connectivity index (χ1v) is 12.0. The molecule has 1 heterocycles. The van der Waals surface area contributed by atoms with E-state index in [0.717, 1.165) is 26.7 Å². The van der Waals surface area contributed by atoms with Gasteiger partial charge in [-0.25, -0.2) is 0 Å². The van der Waals surface area contributed by atoms with Crippen molar-refractivity contribution in [3.05, 3.63) is 113 Å². The number of amides is 2. The van der Waals surface area contributed by atoms with E-state index in [4.69, 9.17) is 4.74 Å². The van der Waals surface area contributed by atoms with E-state index in [1.807, 2.05) is 0 Å². The number of carbonyl (C=O) groups excluding carboxylic acids is 2. The normalized spacial score (nSPS) is 14.4. The second-order valence-corrected chi connectivity index (χ2v) is 9.49. The van der Waals surface area contributed by atoms with Crippen molar-refractivity contribution in [3.8, 4) is 5.75 Å². The number of rotatable bonds is 8. The lowest BCUT2D eigenvalue weighted by Crippen LogP contribution is -2.27. The maximum atomic E-state index is 13.0. The van der Waals surface area contributed by atoms with Gasteiger partial charge in [0.2, 0.25) is 0 Å². The highest BCUT2D eigenvalue weighted by atomic mass is 79.9. The van der Waals surface area contributed by atoms with E-state index in [1.54, 1.807) is 36.4 Å². The van der Waals surface area contributed by atoms with Crippen molar-refractivity contribution in [3.63, 3.8) is 0 Å². The van der Waals surface area contributed by atoms with E-state index >= 15 is 0 Å². The fourth-order valence-electron chi connectivity index (χ4n) is 3.32. The third-order valence-electron chi connectivity index (χ3n) is 5.16. The van der Waals surface area contributed by atoms with Crippen LogP contribution in [0.5, 0.6) is 5.75 Å². The number of nitro groups is 2. The minimum absolute atomic E-state index is 0.0119. The number of carbonyl (C=O) groups is 2. The summed E-state index contributed by atoms with van der Waals surface area (Å²) in [5, 5.41) is 21.2. The van der Waals surface area contributed by atoms with E-state index in [1.165, 1.54) is 36.4 Å². The van der Waals surface area contributed by atoms with Gasteiger partial charge in [0.25, 0.3) is 22.5 Å². The van der Waals surface area contributed by atoms with Crippen LogP contribution >= 0.6 is 27.7 Å². The van der Waals surface area contributed by atoms with Crippen molar-refractivity contribution in [2.75, 3.05) is 0 Å². The predicted octanol–water partition coefficient (Wildman–Crippen LogP) is 6.08. The maximum absolute atomic E-state index is 13.0. The minimum Gasteiger partial charge on any atom is -0.488 e. The van der Waals surface area contributed by atoms with Crippen molar-refractivity contribution in [1.82, 2.24) is 4.90 Å². The molecule has 12 heteroatoms. The van der Waals surface area contributed by atoms with Crippen LogP contribution in [0, 0.1) is 20.2 Å². The third-order valence-corrected chi connectivity index (χ3v) is 6.56. The summed E-state index contributed by atoms with van der Waals surface area (Å²) in [6, 6.07) is 16.8. The zero-order chi connectivity index (χ0) is 25.8. The summed E-state index contributed by atoms with van der Waals surface area (Å²) in [7, 11) is 0. The van der Waals surface area contributed by atoms with Crippen LogP contribution in [0.4, 0.5) is 16.2 Å². The first kappa shape index (κ1) is 25.1. The molecule has 36 heavy (non-hydrogen) atoms. The number of halogens is 1. The number of non-ortho nitro benzene ring substituents is 2. The predicted molar refractivity (Wildman–Crippen MR) is 136 cm³/mol. The van der Waals surface area contributed by atoms with Crippen molar-refractivity contribution in [1.29, 1.82) is 0 Å². The molecule has 0 aliphatic carbocycles. The average Bonchev–Trinajstić information content (AvgIpc) is 3.11. The average molecular weight is 570 g/mol. The molecule has 3 aromatic rings. The van der Waals surface area contributed by atoms with Gasteiger partial charge in [-0.1, -0.05) is 28.1 Å². The first-order valence-electron chi connectivity index (χ1n) is 10.4. The van der Waals surface area contributed by atoms with Crippen LogP contribution in [0.3, 0.4) is 0 Å². The Balaban J connectivity index is 1.51. The van der Waals surface area contributed by atoms with Crippen molar-refractivity contribution < 1.29 is 24.2 Å². The van der Waals surface area contributed by atoms with Gasteiger partial charge in [0, 0.05) is 34.3 Å². The quantitative estimate of drug-likeness (QED) is 0.181. The van der Waals surface area contributed by atoms with Crippen LogP contribution in [0.1, 0.15) is 16.7 Å². The largest absolute Gasteiger partial charge is 0.488 e. The van der Waals surface area contributed by atoms with E-state index in [9.17, 15) is 29.8 Å². The lowest BCUT2D eigenvalue weighted by Gasteiger charge is -2.12. The number of nitrogens with zero attached hydrogens (tertiary/aromatic N) is 3. The Labute approximate surface area is 217 Å². The molecule has 0 unspecified atom stereocenters. The van der Waals surface area contributed by atoms with Gasteiger partial charge < -0.3 is 4.74 Å². The zero-order valence-electron chi connectivity index (χ0n) is 18.3. The highest BCUT2D eigenvalue weighted by molar-refractivity contribution is 9.10. The number of hydrogen-bond donors (Lipinski definition) is 0. The van der Waals surface area contributed by atoms with Gasteiger partial charge in [-0.3, -0.25) is 34.7 Å². The van der Waals surface area contributed by atoms with Crippen LogP contribution in [0.25, 0.3) is 6.08 Å². The number of imide groups is 1. The number of nitro benzene ring substituents is 2. The van der Waals surface area contributed by atoms with Gasteiger partial charge in [-0.2, -0.15) is 0 Å². The molecule has 1 aliphatic heterocycles. The monoisotopic (exact) mass is 569 g/mol. The van der Waals surface area contributed by atoms with Crippen LogP contribution in [-0.2, 0) is 17.9 Å². The Kier molecular flexibility index (Phi) is 7.46. The smallest absolute Gasteiger partial charge is 0.293 e. The fraction of sp³-hybridized carbons (Fsp3) is 0.0833. The van der Waals surface area contributed by atoms with Gasteiger partial charge >= 0.3 is 0 Å². The van der Waals surface area contributed by atoms with E-state index in [-0.39, 0.29) is 29.4 Å². The molecule has 0 bridgehead atoms. The second kappa shape index (κ2) is 10.7. The first-order chi connectivity index (χ1) is 17.2. The molecule has 182 valence electrons. The van der Waals surface area contributed by atoms with Gasteiger partial charge in [0.05, 0.1) is 21.3 Å². The Morgan fingerprint density at radius 1 is 0.889 bits per heavy atom. The molecule has 0 spiro atoms. The van der Waals surface area contributed by atoms with Crippen molar-refractivity contribution >= 4 is 56.3 Å². The van der Waals surface area contributed by atoms with Gasteiger partial charge in [-0.05, 0) is 59.3 Å². The van der Waals surface area contributed by atoms with Crippen LogP contribution in [-0.4, -0.2) is 25.9 Å². The molecule has 1 aliphatic rings. The van der Waals surface area contributed by atoms with E-state index in [0.29, 0.717) is 16.9 Å². The summed E-state index contributed by atoms with van der Waals surface area (Å²) in [4.78, 5) is 47.4. The maximum Gasteiger partial charge on any atom is 0.293 e. The minimum atomic E-state index is -0.522. The summed E-state index contributed by atoms with van der Waals surface area (Å²) in [6.45, 7) is 0.129. The molecule has 2 amide bonds. The summed E-state index contributed by atoms with van der Waals surface area (Å²) in [6.07, 6.45) is 1.57. The summed E-state index contributed by atoms with van der Waals surface area (Å²) < 4.78 is 6.63. The summed E-state index contributed by atoms with van der Waals surface area (Å²) in [5.41, 5.74) is 1.76. The Bertz CT molecular complexity index is 1390. The molecule has 0 N–H and O–H groups in total. The highest BCUT2D eigenvalue weighted by Gasteiger charge is 2.35. The number of thioether (sulfide) groups is 1. The Hall–Kier alpha value is -4.03. The van der Waals surface area contributed by atoms with Crippen LogP contribution in [0.2, 0.25) is 0 Å². The highest BCUT2D eigenvalue weighted by Crippen LogP contribution is 2.36. The lowest BCUT2D eigenvalue weighted by atomic mass is 10.1. The lowest BCUT2D eigenvalue weighted by molar-refractivity contribution is -0.385. The van der Waals surface area contributed by atoms with Gasteiger partial charge in [0.15, 0.2) is 0 Å². The van der Waals surface area contributed by atoms with Gasteiger partial charge in [0.1, 0.15) is 12.4 Å². The third kappa shape index (κ3) is 5.78.